The molecule has 1 aliphatic rings. The average Bonchev–Trinajstić information content (AvgIpc) is 2.88. The Morgan fingerprint density at radius 2 is 1.95 bits per heavy atom. The fourth-order valence-electron chi connectivity index (χ4n) is 2.68. The van der Waals surface area contributed by atoms with Gasteiger partial charge in [0.1, 0.15) is 5.82 Å². The smallest absolute Gasteiger partial charge is 0.307 e. The largest absolute Gasteiger partial charge is 0.330 e. The Hall–Kier alpha value is -1.96. The molecular formula is C13H22N6O2. The van der Waals surface area contributed by atoms with E-state index in [1.54, 1.807) is 0 Å². The summed E-state index contributed by atoms with van der Waals surface area (Å²) in [5.74, 6) is 0.186. The molecule has 116 valence electrons. The van der Waals surface area contributed by atoms with Crippen molar-refractivity contribution in [1.82, 2.24) is 25.6 Å². The molecule has 0 aromatic carbocycles. The number of hydrogen-bond donors (Lipinski definition) is 3. The Kier molecular flexibility index (Phi) is 5.26. The number of aromatic nitrogens is 3. The van der Waals surface area contributed by atoms with Crippen molar-refractivity contribution in [2.45, 2.75) is 51.5 Å². The normalized spacial score (nSPS) is 15.7. The molecule has 1 fully saturated rings. The lowest BCUT2D eigenvalue weighted by atomic mass is 9.95. The Labute approximate surface area is 123 Å². The van der Waals surface area contributed by atoms with Crippen molar-refractivity contribution in [1.29, 1.82) is 0 Å². The topological polar surface area (TPSA) is 115 Å². The zero-order chi connectivity index (χ0) is 15.2. The van der Waals surface area contributed by atoms with Gasteiger partial charge in [-0.05, 0) is 19.8 Å². The molecule has 1 aromatic heterocycles. The maximum absolute atomic E-state index is 12.1. The summed E-state index contributed by atoms with van der Waals surface area (Å²) in [7, 11) is 0. The van der Waals surface area contributed by atoms with Crippen LogP contribution in [0.15, 0.2) is 0 Å². The SMILES string of the molecule is Cc1nnc(C(=O)NNC(=O)CCN)n1C1CCCCC1. The van der Waals surface area contributed by atoms with Crippen molar-refractivity contribution < 1.29 is 9.59 Å². The van der Waals surface area contributed by atoms with Crippen LogP contribution in [-0.2, 0) is 4.79 Å². The van der Waals surface area contributed by atoms with Crippen LogP contribution in [0.25, 0.3) is 0 Å². The molecule has 1 aromatic rings. The molecule has 8 nitrogen and oxygen atoms in total. The van der Waals surface area contributed by atoms with E-state index in [9.17, 15) is 9.59 Å². The van der Waals surface area contributed by atoms with Crippen molar-refractivity contribution in [3.63, 3.8) is 0 Å². The molecule has 2 amide bonds. The van der Waals surface area contributed by atoms with E-state index < -0.39 is 5.91 Å². The van der Waals surface area contributed by atoms with E-state index in [0.717, 1.165) is 31.5 Å². The summed E-state index contributed by atoms with van der Waals surface area (Å²) in [6.07, 6.45) is 5.74. The fraction of sp³-hybridized carbons (Fsp3) is 0.692. The van der Waals surface area contributed by atoms with E-state index >= 15 is 0 Å². The predicted molar refractivity (Wildman–Crippen MR) is 76.2 cm³/mol. The van der Waals surface area contributed by atoms with Crippen LogP contribution >= 0.6 is 0 Å². The van der Waals surface area contributed by atoms with E-state index in [1.807, 2.05) is 11.5 Å². The van der Waals surface area contributed by atoms with Crippen molar-refractivity contribution >= 4 is 11.8 Å². The van der Waals surface area contributed by atoms with Gasteiger partial charge in [0.25, 0.3) is 0 Å². The first kappa shape index (κ1) is 15.4. The van der Waals surface area contributed by atoms with Crippen LogP contribution in [0.3, 0.4) is 0 Å². The summed E-state index contributed by atoms with van der Waals surface area (Å²) < 4.78 is 1.88. The second kappa shape index (κ2) is 7.16. The molecule has 0 saturated heterocycles. The van der Waals surface area contributed by atoms with Gasteiger partial charge in [0.15, 0.2) is 0 Å². The van der Waals surface area contributed by atoms with Crippen molar-refractivity contribution in [2.24, 2.45) is 5.73 Å². The van der Waals surface area contributed by atoms with Gasteiger partial charge in [-0.1, -0.05) is 19.3 Å². The molecule has 0 radical (unpaired) electrons. The van der Waals surface area contributed by atoms with Gasteiger partial charge in [-0.15, -0.1) is 10.2 Å². The van der Waals surface area contributed by atoms with Gasteiger partial charge in [0, 0.05) is 19.0 Å². The summed E-state index contributed by atoms with van der Waals surface area (Å²) in [4.78, 5) is 23.5. The van der Waals surface area contributed by atoms with Gasteiger partial charge < -0.3 is 10.3 Å². The number of aryl methyl sites for hydroxylation is 1. The summed E-state index contributed by atoms with van der Waals surface area (Å²) in [5.41, 5.74) is 9.95. The number of hydrogen-bond acceptors (Lipinski definition) is 5. The number of nitrogens with two attached hydrogens (primary N) is 1. The standard InChI is InChI=1S/C13H22N6O2/c1-9-15-17-12(13(21)18-16-11(20)7-8-14)19(9)10-5-3-2-4-6-10/h10H,2-8,14H2,1H3,(H,16,20)(H,18,21). The summed E-state index contributed by atoms with van der Waals surface area (Å²) in [5, 5.41) is 7.94. The van der Waals surface area contributed by atoms with Crippen LogP contribution in [0.2, 0.25) is 0 Å². The zero-order valence-electron chi connectivity index (χ0n) is 12.3. The fourth-order valence-corrected chi connectivity index (χ4v) is 2.68. The van der Waals surface area contributed by atoms with E-state index in [4.69, 9.17) is 5.73 Å². The molecule has 4 N–H and O–H groups in total. The van der Waals surface area contributed by atoms with Gasteiger partial charge in [0.05, 0.1) is 0 Å². The Morgan fingerprint density at radius 3 is 2.62 bits per heavy atom. The average molecular weight is 294 g/mol. The van der Waals surface area contributed by atoms with Crippen molar-refractivity contribution in [3.05, 3.63) is 11.6 Å². The molecule has 0 bridgehead atoms. The maximum Gasteiger partial charge on any atom is 0.307 e. The minimum atomic E-state index is -0.452. The number of hydrazine groups is 1. The Morgan fingerprint density at radius 1 is 1.24 bits per heavy atom. The van der Waals surface area contributed by atoms with Gasteiger partial charge in [-0.2, -0.15) is 0 Å². The number of carbonyl (C=O) groups is 2. The predicted octanol–water partition coefficient (Wildman–Crippen LogP) is 0.202. The van der Waals surface area contributed by atoms with E-state index in [0.29, 0.717) is 0 Å². The number of carbonyl (C=O) groups excluding carboxylic acids is 2. The van der Waals surface area contributed by atoms with Crippen LogP contribution in [0.4, 0.5) is 0 Å². The number of nitrogens with one attached hydrogen (secondary N) is 2. The first-order valence-corrected chi connectivity index (χ1v) is 7.34. The van der Waals surface area contributed by atoms with Gasteiger partial charge >= 0.3 is 5.91 Å². The number of nitrogens with zero attached hydrogens (tertiary/aromatic N) is 3. The molecule has 0 unspecified atom stereocenters. The molecule has 0 atom stereocenters. The maximum atomic E-state index is 12.1. The number of amides is 2. The summed E-state index contributed by atoms with van der Waals surface area (Å²) in [6, 6.07) is 0.259. The van der Waals surface area contributed by atoms with E-state index in [-0.39, 0.29) is 30.7 Å². The third-order valence-electron chi connectivity index (χ3n) is 3.70. The molecule has 1 aliphatic carbocycles. The quantitative estimate of drug-likeness (QED) is 0.686. The summed E-state index contributed by atoms with van der Waals surface area (Å²) in [6.45, 7) is 2.07. The second-order valence-electron chi connectivity index (χ2n) is 5.27. The van der Waals surface area contributed by atoms with Gasteiger partial charge in [0.2, 0.25) is 11.7 Å². The van der Waals surface area contributed by atoms with Gasteiger partial charge in [-0.3, -0.25) is 20.4 Å². The Balaban J connectivity index is 2.05. The van der Waals surface area contributed by atoms with E-state index in [2.05, 4.69) is 21.0 Å². The number of rotatable bonds is 4. The summed E-state index contributed by atoms with van der Waals surface area (Å²) >= 11 is 0. The molecular weight excluding hydrogens is 272 g/mol. The third kappa shape index (κ3) is 3.78. The first-order valence-electron chi connectivity index (χ1n) is 7.34. The van der Waals surface area contributed by atoms with Crippen molar-refractivity contribution in [2.75, 3.05) is 6.54 Å². The zero-order valence-corrected chi connectivity index (χ0v) is 12.3. The highest BCUT2D eigenvalue weighted by Gasteiger charge is 2.24. The lowest BCUT2D eigenvalue weighted by Crippen LogP contribution is -2.43. The first-order chi connectivity index (χ1) is 10.1. The highest BCUT2D eigenvalue weighted by atomic mass is 16.2. The molecule has 2 rings (SSSR count). The molecule has 8 heteroatoms. The molecule has 0 spiro atoms. The minimum absolute atomic E-state index is 0.161. The van der Waals surface area contributed by atoms with Crippen LogP contribution < -0.4 is 16.6 Å². The molecule has 1 heterocycles. The van der Waals surface area contributed by atoms with Crippen LogP contribution in [0, 0.1) is 6.92 Å². The van der Waals surface area contributed by atoms with Gasteiger partial charge in [-0.25, -0.2) is 0 Å². The highest BCUT2D eigenvalue weighted by molar-refractivity contribution is 5.92. The lowest BCUT2D eigenvalue weighted by molar-refractivity contribution is -0.121. The van der Waals surface area contributed by atoms with Crippen LogP contribution in [0.1, 0.15) is 61.0 Å². The highest BCUT2D eigenvalue weighted by Crippen LogP contribution is 2.29. The molecule has 21 heavy (non-hydrogen) atoms. The van der Waals surface area contributed by atoms with E-state index in [1.165, 1.54) is 6.42 Å². The van der Waals surface area contributed by atoms with Crippen LogP contribution in [-0.4, -0.2) is 33.1 Å². The third-order valence-corrected chi connectivity index (χ3v) is 3.70. The molecule has 1 saturated carbocycles. The minimum Gasteiger partial charge on any atom is -0.330 e. The lowest BCUT2D eigenvalue weighted by Gasteiger charge is -2.24. The van der Waals surface area contributed by atoms with Crippen molar-refractivity contribution in [3.8, 4) is 0 Å². The second-order valence-corrected chi connectivity index (χ2v) is 5.27. The molecule has 0 aliphatic heterocycles. The monoisotopic (exact) mass is 294 g/mol. The van der Waals surface area contributed by atoms with Crippen LogP contribution in [0.5, 0.6) is 0 Å². The Bertz CT molecular complexity index is 507.